The standard InChI is InChI=1S/C20H26O4/c1-10(2)12-15(21)16(22)14-17-13-11(18(23)24-17)6-5-7-19(13,3)8-9-20(12,14)4/h10,12,15,21H,5-9H2,1-4H3/t12-,15-,19-,20+/m0/s1. The van der Waals surface area contributed by atoms with Gasteiger partial charge >= 0.3 is 5.97 Å². The minimum atomic E-state index is -0.992. The highest BCUT2D eigenvalue weighted by atomic mass is 16.5. The van der Waals surface area contributed by atoms with Crippen molar-refractivity contribution in [3.63, 3.8) is 0 Å². The number of carbonyl (C=O) groups is 2. The SMILES string of the molecule is CC(C)[C@H]1[C@H](O)C(=O)C2=C3OC(=O)C4=C3[C@@](C)(CCC4)CC[C@@]21C. The minimum absolute atomic E-state index is 0.0951. The smallest absolute Gasteiger partial charge is 0.339 e. The molecule has 3 aliphatic carbocycles. The zero-order chi connectivity index (χ0) is 17.4. The van der Waals surface area contributed by atoms with Gasteiger partial charge in [-0.1, -0.05) is 27.7 Å². The van der Waals surface area contributed by atoms with E-state index >= 15 is 0 Å². The summed E-state index contributed by atoms with van der Waals surface area (Å²) in [6.07, 6.45) is 3.54. The molecule has 1 saturated carbocycles. The average Bonchev–Trinajstić information content (AvgIpc) is 2.88. The first-order valence-electron chi connectivity index (χ1n) is 9.14. The first kappa shape index (κ1) is 16.1. The molecule has 0 spiro atoms. The van der Waals surface area contributed by atoms with Crippen molar-refractivity contribution in [2.75, 3.05) is 0 Å². The number of allylic oxidation sites excluding steroid dienone is 1. The minimum Gasteiger partial charge on any atom is -0.422 e. The number of aliphatic hydroxyl groups excluding tert-OH is 1. The molecule has 4 atom stereocenters. The van der Waals surface area contributed by atoms with E-state index in [1.54, 1.807) is 0 Å². The van der Waals surface area contributed by atoms with Crippen LogP contribution in [0, 0.1) is 22.7 Å². The summed E-state index contributed by atoms with van der Waals surface area (Å²) in [6, 6.07) is 0. The van der Waals surface area contributed by atoms with E-state index in [9.17, 15) is 14.7 Å². The third kappa shape index (κ3) is 1.78. The average molecular weight is 330 g/mol. The predicted octanol–water partition coefficient (Wildman–Crippen LogP) is 3.30. The van der Waals surface area contributed by atoms with E-state index in [0.29, 0.717) is 11.3 Å². The molecule has 1 N–H and O–H groups in total. The van der Waals surface area contributed by atoms with Gasteiger partial charge in [0.25, 0.3) is 0 Å². The lowest BCUT2D eigenvalue weighted by Gasteiger charge is -2.37. The van der Waals surface area contributed by atoms with Crippen molar-refractivity contribution >= 4 is 11.8 Å². The van der Waals surface area contributed by atoms with Crippen molar-refractivity contribution in [1.82, 2.24) is 0 Å². The van der Waals surface area contributed by atoms with E-state index < -0.39 is 11.5 Å². The summed E-state index contributed by atoms with van der Waals surface area (Å²) < 4.78 is 5.69. The van der Waals surface area contributed by atoms with Crippen LogP contribution in [-0.4, -0.2) is 23.0 Å². The number of hydrogen-bond acceptors (Lipinski definition) is 4. The summed E-state index contributed by atoms with van der Waals surface area (Å²) in [5.41, 5.74) is 1.80. The van der Waals surface area contributed by atoms with Crippen molar-refractivity contribution in [2.45, 2.75) is 65.9 Å². The Bertz CT molecular complexity index is 713. The predicted molar refractivity (Wildman–Crippen MR) is 88.8 cm³/mol. The van der Waals surface area contributed by atoms with Gasteiger partial charge in [0, 0.05) is 28.1 Å². The lowest BCUT2D eigenvalue weighted by Crippen LogP contribution is -2.34. The lowest BCUT2D eigenvalue weighted by atomic mass is 9.66. The molecule has 1 fully saturated rings. The van der Waals surface area contributed by atoms with Crippen LogP contribution in [0.15, 0.2) is 22.5 Å². The monoisotopic (exact) mass is 330 g/mol. The highest BCUT2D eigenvalue weighted by Gasteiger charge is 2.60. The Kier molecular flexibility index (Phi) is 3.22. The van der Waals surface area contributed by atoms with Crippen LogP contribution >= 0.6 is 0 Å². The Hall–Kier alpha value is -1.42. The number of esters is 1. The van der Waals surface area contributed by atoms with Gasteiger partial charge in [0.05, 0.1) is 0 Å². The number of Topliss-reactive ketones (excluding diaryl/α,β-unsaturated/α-hetero) is 1. The highest BCUT2D eigenvalue weighted by Crippen LogP contribution is 2.62. The lowest BCUT2D eigenvalue weighted by molar-refractivity contribution is -0.133. The zero-order valence-corrected chi connectivity index (χ0v) is 14.9. The van der Waals surface area contributed by atoms with E-state index in [4.69, 9.17) is 4.74 Å². The summed E-state index contributed by atoms with van der Waals surface area (Å²) >= 11 is 0. The van der Waals surface area contributed by atoms with Gasteiger partial charge in [-0.2, -0.15) is 0 Å². The molecular weight excluding hydrogens is 304 g/mol. The number of ether oxygens (including phenoxy) is 1. The molecule has 4 nitrogen and oxygen atoms in total. The fourth-order valence-electron chi connectivity index (χ4n) is 5.92. The van der Waals surface area contributed by atoms with Crippen LogP contribution in [0.1, 0.15) is 59.8 Å². The molecule has 0 saturated heterocycles. The molecular formula is C20H26O4. The van der Waals surface area contributed by atoms with Gasteiger partial charge in [-0.15, -0.1) is 0 Å². The fraction of sp³-hybridized carbons (Fsp3) is 0.700. The first-order chi connectivity index (χ1) is 11.2. The van der Waals surface area contributed by atoms with Crippen molar-refractivity contribution in [3.05, 3.63) is 22.5 Å². The zero-order valence-electron chi connectivity index (χ0n) is 14.9. The van der Waals surface area contributed by atoms with Crippen LogP contribution in [0.5, 0.6) is 0 Å². The molecule has 0 aromatic carbocycles. The molecule has 4 heteroatoms. The van der Waals surface area contributed by atoms with Crippen molar-refractivity contribution in [2.24, 2.45) is 22.7 Å². The number of hydrogen-bond donors (Lipinski definition) is 1. The van der Waals surface area contributed by atoms with Crippen molar-refractivity contribution < 1.29 is 19.4 Å². The highest BCUT2D eigenvalue weighted by molar-refractivity contribution is 6.06. The maximum atomic E-state index is 13.0. The quantitative estimate of drug-likeness (QED) is 0.749. The number of carbonyl (C=O) groups excluding carboxylic acids is 2. The summed E-state index contributed by atoms with van der Waals surface area (Å²) in [6.45, 7) is 8.41. The molecule has 0 radical (unpaired) electrons. The van der Waals surface area contributed by atoms with Crippen LogP contribution in [0.3, 0.4) is 0 Å². The summed E-state index contributed by atoms with van der Waals surface area (Å²) in [7, 11) is 0. The number of rotatable bonds is 1. The molecule has 0 bridgehead atoms. The van der Waals surface area contributed by atoms with E-state index in [0.717, 1.165) is 43.3 Å². The third-order valence-electron chi connectivity index (χ3n) is 7.03. The number of ketones is 1. The maximum absolute atomic E-state index is 13.0. The Labute approximate surface area is 143 Å². The molecule has 130 valence electrons. The van der Waals surface area contributed by atoms with Crippen LogP contribution in [0.4, 0.5) is 0 Å². The van der Waals surface area contributed by atoms with Gasteiger partial charge < -0.3 is 9.84 Å². The molecule has 0 amide bonds. The second-order valence-electron chi connectivity index (χ2n) is 8.86. The van der Waals surface area contributed by atoms with E-state index in [1.807, 2.05) is 0 Å². The van der Waals surface area contributed by atoms with Gasteiger partial charge in [0.15, 0.2) is 5.78 Å². The first-order valence-corrected chi connectivity index (χ1v) is 9.14. The van der Waals surface area contributed by atoms with Gasteiger partial charge in [0.2, 0.25) is 0 Å². The van der Waals surface area contributed by atoms with E-state index in [1.165, 1.54) is 0 Å². The van der Waals surface area contributed by atoms with Crippen LogP contribution < -0.4 is 0 Å². The number of aliphatic hydroxyl groups is 1. The van der Waals surface area contributed by atoms with Crippen LogP contribution in [0.2, 0.25) is 0 Å². The molecule has 1 aliphatic heterocycles. The van der Waals surface area contributed by atoms with Gasteiger partial charge in [-0.3, -0.25) is 4.79 Å². The Balaban J connectivity index is 2.00. The fourth-order valence-corrected chi connectivity index (χ4v) is 5.92. The summed E-state index contributed by atoms with van der Waals surface area (Å²) in [4.78, 5) is 25.4. The molecule has 0 unspecified atom stereocenters. The van der Waals surface area contributed by atoms with Gasteiger partial charge in [-0.25, -0.2) is 4.79 Å². The second kappa shape index (κ2) is 4.81. The second-order valence-corrected chi connectivity index (χ2v) is 8.86. The van der Waals surface area contributed by atoms with Crippen molar-refractivity contribution in [1.29, 1.82) is 0 Å². The Morgan fingerprint density at radius 2 is 1.83 bits per heavy atom. The largest absolute Gasteiger partial charge is 0.422 e. The molecule has 24 heavy (non-hydrogen) atoms. The molecule has 0 aromatic heterocycles. The van der Waals surface area contributed by atoms with Gasteiger partial charge in [0.1, 0.15) is 11.9 Å². The molecule has 0 aromatic rings. The Morgan fingerprint density at radius 3 is 2.50 bits per heavy atom. The molecule has 4 rings (SSSR count). The summed E-state index contributed by atoms with van der Waals surface area (Å²) in [5, 5.41) is 10.6. The van der Waals surface area contributed by atoms with Crippen molar-refractivity contribution in [3.8, 4) is 0 Å². The third-order valence-corrected chi connectivity index (χ3v) is 7.03. The number of fused-ring (bicyclic) bond motifs is 1. The molecule has 4 aliphatic rings. The molecule has 1 heterocycles. The van der Waals surface area contributed by atoms with E-state index in [-0.39, 0.29) is 29.0 Å². The topological polar surface area (TPSA) is 63.6 Å². The summed E-state index contributed by atoms with van der Waals surface area (Å²) in [5.74, 6) is 0.0510. The van der Waals surface area contributed by atoms with E-state index in [2.05, 4.69) is 27.7 Å². The Morgan fingerprint density at radius 1 is 1.12 bits per heavy atom. The maximum Gasteiger partial charge on any atom is 0.339 e. The van der Waals surface area contributed by atoms with Crippen LogP contribution in [-0.2, 0) is 14.3 Å². The van der Waals surface area contributed by atoms with Gasteiger partial charge in [-0.05, 0) is 43.4 Å². The normalized spacial score (nSPS) is 41.6. The van der Waals surface area contributed by atoms with Crippen LogP contribution in [0.25, 0.3) is 0 Å².